The third-order valence-corrected chi connectivity index (χ3v) is 1.44. The van der Waals surface area contributed by atoms with Crippen LogP contribution >= 0.6 is 0 Å². The number of carbonyl (C=O) groups is 1. The van der Waals surface area contributed by atoms with Crippen LogP contribution in [0, 0.1) is 11.8 Å². The average molecular weight is 138 g/mol. The van der Waals surface area contributed by atoms with Crippen LogP contribution in [0.5, 0.6) is 0 Å². The van der Waals surface area contributed by atoms with Gasteiger partial charge in [0.15, 0.2) is 0 Å². The fourth-order valence-electron chi connectivity index (χ4n) is 0.741. The number of aldehydes is 1. The molecule has 0 heterocycles. The summed E-state index contributed by atoms with van der Waals surface area (Å²) in [7, 11) is 0. The topological polar surface area (TPSA) is 17.1 Å². The van der Waals surface area contributed by atoms with Crippen LogP contribution in [0.25, 0.3) is 0 Å². The van der Waals surface area contributed by atoms with Gasteiger partial charge in [-0.05, 0) is 6.42 Å². The van der Waals surface area contributed by atoms with E-state index in [2.05, 4.69) is 0 Å². The molecule has 1 aliphatic rings. The third-order valence-electron chi connectivity index (χ3n) is 1.44. The van der Waals surface area contributed by atoms with Crippen LogP contribution in [0.15, 0.2) is 0 Å². The van der Waals surface area contributed by atoms with Crippen LogP contribution in [0.4, 0.5) is 13.2 Å². The second-order valence-electron chi connectivity index (χ2n) is 2.18. The summed E-state index contributed by atoms with van der Waals surface area (Å²) in [5.41, 5.74) is 0. The molecule has 1 rings (SSSR count). The van der Waals surface area contributed by atoms with Crippen molar-refractivity contribution in [3.8, 4) is 0 Å². The Hall–Kier alpha value is -0.540. The van der Waals surface area contributed by atoms with Crippen molar-refractivity contribution >= 4 is 6.29 Å². The smallest absolute Gasteiger partial charge is 0.303 e. The van der Waals surface area contributed by atoms with Crippen LogP contribution in [-0.2, 0) is 4.79 Å². The van der Waals surface area contributed by atoms with Crippen LogP contribution in [-0.4, -0.2) is 12.5 Å². The van der Waals surface area contributed by atoms with Gasteiger partial charge in [-0.25, -0.2) is 0 Å². The first-order valence-corrected chi connectivity index (χ1v) is 2.57. The van der Waals surface area contributed by atoms with E-state index in [1.54, 1.807) is 0 Å². The molecule has 0 aromatic rings. The second kappa shape index (κ2) is 1.72. The zero-order valence-corrected chi connectivity index (χ0v) is 4.48. The Morgan fingerprint density at radius 1 is 1.44 bits per heavy atom. The molecule has 1 aliphatic carbocycles. The van der Waals surface area contributed by atoms with Gasteiger partial charge in [-0.3, -0.25) is 0 Å². The monoisotopic (exact) mass is 138 g/mol. The Morgan fingerprint density at radius 2 is 2.00 bits per heavy atom. The van der Waals surface area contributed by atoms with E-state index in [-0.39, 0.29) is 6.42 Å². The van der Waals surface area contributed by atoms with Gasteiger partial charge in [0.1, 0.15) is 6.29 Å². The van der Waals surface area contributed by atoms with Gasteiger partial charge in [0.25, 0.3) is 0 Å². The number of hydrogen-bond donors (Lipinski definition) is 0. The Labute approximate surface area is 49.9 Å². The molecule has 0 aliphatic heterocycles. The first kappa shape index (κ1) is 6.58. The molecule has 0 aromatic carbocycles. The minimum absolute atomic E-state index is 0.00694. The maximum atomic E-state index is 11.5. The summed E-state index contributed by atoms with van der Waals surface area (Å²) in [5, 5.41) is 0. The van der Waals surface area contributed by atoms with Crippen molar-refractivity contribution in [2.75, 3.05) is 0 Å². The van der Waals surface area contributed by atoms with Crippen LogP contribution in [0.3, 0.4) is 0 Å². The van der Waals surface area contributed by atoms with Gasteiger partial charge < -0.3 is 4.79 Å². The van der Waals surface area contributed by atoms with E-state index in [0.29, 0.717) is 6.29 Å². The number of hydrogen-bond acceptors (Lipinski definition) is 1. The highest BCUT2D eigenvalue weighted by atomic mass is 19.4. The van der Waals surface area contributed by atoms with E-state index < -0.39 is 18.0 Å². The molecule has 52 valence electrons. The zero-order valence-electron chi connectivity index (χ0n) is 4.48. The van der Waals surface area contributed by atoms with E-state index in [0.717, 1.165) is 0 Å². The zero-order chi connectivity index (χ0) is 7.07. The average Bonchev–Trinajstić information content (AvgIpc) is 2.39. The molecule has 0 unspecified atom stereocenters. The molecule has 0 aromatic heterocycles. The predicted molar refractivity (Wildman–Crippen MR) is 23.7 cm³/mol. The van der Waals surface area contributed by atoms with E-state index in [9.17, 15) is 18.0 Å². The fraction of sp³-hybridized carbons (Fsp3) is 0.800. The van der Waals surface area contributed by atoms with Crippen molar-refractivity contribution in [1.82, 2.24) is 0 Å². The summed E-state index contributed by atoms with van der Waals surface area (Å²) in [5.74, 6) is -2.08. The lowest BCUT2D eigenvalue weighted by Crippen LogP contribution is -2.11. The van der Waals surface area contributed by atoms with Crippen molar-refractivity contribution in [3.63, 3.8) is 0 Å². The van der Waals surface area contributed by atoms with Crippen LogP contribution < -0.4 is 0 Å². The first-order valence-electron chi connectivity index (χ1n) is 2.57. The molecule has 0 amide bonds. The molecule has 0 saturated heterocycles. The second-order valence-corrected chi connectivity index (χ2v) is 2.18. The Balaban J connectivity index is 2.42. The normalized spacial score (nSPS) is 34.1. The van der Waals surface area contributed by atoms with Crippen LogP contribution in [0.2, 0.25) is 0 Å². The van der Waals surface area contributed by atoms with Gasteiger partial charge in [-0.15, -0.1) is 0 Å². The van der Waals surface area contributed by atoms with Crippen molar-refractivity contribution < 1.29 is 18.0 Å². The molecule has 0 N–H and O–H groups in total. The van der Waals surface area contributed by atoms with E-state index >= 15 is 0 Å². The van der Waals surface area contributed by atoms with Crippen LogP contribution in [0.1, 0.15) is 6.42 Å². The molecule has 1 saturated carbocycles. The summed E-state index contributed by atoms with van der Waals surface area (Å²) >= 11 is 0. The molecule has 1 nitrogen and oxygen atoms in total. The van der Waals surface area contributed by atoms with Crippen molar-refractivity contribution in [1.29, 1.82) is 0 Å². The molecule has 9 heavy (non-hydrogen) atoms. The van der Waals surface area contributed by atoms with Gasteiger partial charge in [0, 0.05) is 5.92 Å². The molecule has 4 heteroatoms. The van der Waals surface area contributed by atoms with E-state index in [1.807, 2.05) is 0 Å². The van der Waals surface area contributed by atoms with E-state index in [1.165, 1.54) is 0 Å². The standard InChI is InChI=1S/C5H5F3O/c6-5(7,8)4-1-3(4)2-9/h2-4H,1H2/t3-,4-/m1/s1. The lowest BCUT2D eigenvalue weighted by atomic mass is 10.3. The minimum atomic E-state index is -4.15. The summed E-state index contributed by atoms with van der Waals surface area (Å²) < 4.78 is 34.6. The van der Waals surface area contributed by atoms with Gasteiger partial charge in [0.05, 0.1) is 5.92 Å². The van der Waals surface area contributed by atoms with Gasteiger partial charge in [-0.1, -0.05) is 0 Å². The SMILES string of the molecule is O=C[C@H]1C[C@H]1C(F)(F)F. The Kier molecular flexibility index (Phi) is 1.26. The highest BCUT2D eigenvalue weighted by Crippen LogP contribution is 2.48. The maximum absolute atomic E-state index is 11.5. The fourth-order valence-corrected chi connectivity index (χ4v) is 0.741. The molecular formula is C5H5F3O. The number of rotatable bonds is 1. The van der Waals surface area contributed by atoms with Crippen molar-refractivity contribution in [2.45, 2.75) is 12.6 Å². The first-order chi connectivity index (χ1) is 4.05. The number of carbonyl (C=O) groups excluding carboxylic acids is 1. The van der Waals surface area contributed by atoms with E-state index in [4.69, 9.17) is 0 Å². The Morgan fingerprint density at radius 3 is 2.11 bits per heavy atom. The van der Waals surface area contributed by atoms with Gasteiger partial charge in [0.2, 0.25) is 0 Å². The van der Waals surface area contributed by atoms with Crippen molar-refractivity contribution in [2.24, 2.45) is 11.8 Å². The predicted octanol–water partition coefficient (Wildman–Crippen LogP) is 1.38. The maximum Gasteiger partial charge on any atom is 0.392 e. The van der Waals surface area contributed by atoms with Crippen molar-refractivity contribution in [3.05, 3.63) is 0 Å². The number of alkyl halides is 3. The lowest BCUT2D eigenvalue weighted by molar-refractivity contribution is -0.152. The quantitative estimate of drug-likeness (QED) is 0.500. The third kappa shape index (κ3) is 1.23. The molecular weight excluding hydrogens is 133 g/mol. The molecule has 0 spiro atoms. The lowest BCUT2D eigenvalue weighted by Gasteiger charge is -2.00. The largest absolute Gasteiger partial charge is 0.392 e. The highest BCUT2D eigenvalue weighted by molar-refractivity contribution is 5.58. The summed E-state index contributed by atoms with van der Waals surface area (Å²) in [6.45, 7) is 0. The summed E-state index contributed by atoms with van der Waals surface area (Å²) in [4.78, 5) is 9.72. The minimum Gasteiger partial charge on any atom is -0.303 e. The van der Waals surface area contributed by atoms with Gasteiger partial charge in [-0.2, -0.15) is 13.2 Å². The molecule has 0 bridgehead atoms. The Bertz CT molecular complexity index is 129. The summed E-state index contributed by atoms with van der Waals surface area (Å²) in [6, 6.07) is 0. The molecule has 0 radical (unpaired) electrons. The van der Waals surface area contributed by atoms with Gasteiger partial charge >= 0.3 is 6.18 Å². The molecule has 1 fully saturated rings. The summed E-state index contributed by atoms with van der Waals surface area (Å²) in [6.07, 6.45) is -3.78. The number of halogens is 3. The highest BCUT2D eigenvalue weighted by Gasteiger charge is 2.55. The molecule has 2 atom stereocenters.